The molecule has 0 aromatic heterocycles. The zero-order valence-corrected chi connectivity index (χ0v) is 14.2. The lowest BCUT2D eigenvalue weighted by Gasteiger charge is -2.48. The summed E-state index contributed by atoms with van der Waals surface area (Å²) in [7, 11) is 2.36. The second kappa shape index (κ2) is 7.43. The average molecular weight is 293 g/mol. The molecular weight excluding hydrogens is 258 g/mol. The molecule has 3 aliphatic rings. The van der Waals surface area contributed by atoms with Crippen LogP contribution in [0.4, 0.5) is 0 Å². The first kappa shape index (κ1) is 15.8. The standard InChI is InChI=1S/C18H35N3/c1-3-10-21-11-5-6-15(9-12-21)19-16-13-17-7-4-8-18(14-16)20(17)2/h15-19H,3-14H2,1-2H3. The van der Waals surface area contributed by atoms with E-state index in [2.05, 4.69) is 29.1 Å². The maximum Gasteiger partial charge on any atom is 0.0110 e. The molecule has 3 heteroatoms. The van der Waals surface area contributed by atoms with Gasteiger partial charge in [0.15, 0.2) is 0 Å². The Balaban J connectivity index is 1.48. The number of hydrogen-bond acceptors (Lipinski definition) is 3. The van der Waals surface area contributed by atoms with Gasteiger partial charge in [-0.3, -0.25) is 0 Å². The Morgan fingerprint density at radius 3 is 2.38 bits per heavy atom. The molecule has 3 fully saturated rings. The van der Waals surface area contributed by atoms with Crippen molar-refractivity contribution in [3.05, 3.63) is 0 Å². The molecule has 3 atom stereocenters. The van der Waals surface area contributed by atoms with Crippen LogP contribution in [-0.2, 0) is 0 Å². The SMILES string of the molecule is CCCN1CCCC(NC2CC3CCCC(C2)N3C)CC1. The lowest BCUT2D eigenvalue weighted by molar-refractivity contribution is 0.0453. The number of likely N-dealkylation sites (tertiary alicyclic amines) is 1. The Labute approximate surface area is 131 Å². The summed E-state index contributed by atoms with van der Waals surface area (Å²) in [4.78, 5) is 5.35. The second-order valence-corrected chi connectivity index (χ2v) is 7.71. The fraction of sp³-hybridized carbons (Fsp3) is 1.00. The predicted molar refractivity (Wildman–Crippen MR) is 89.7 cm³/mol. The molecule has 3 unspecified atom stereocenters. The van der Waals surface area contributed by atoms with E-state index >= 15 is 0 Å². The number of nitrogens with zero attached hydrogens (tertiary/aromatic N) is 2. The van der Waals surface area contributed by atoms with E-state index in [0.717, 1.165) is 24.2 Å². The fourth-order valence-corrected chi connectivity index (χ4v) is 4.95. The van der Waals surface area contributed by atoms with Crippen LogP contribution in [0.2, 0.25) is 0 Å². The Kier molecular flexibility index (Phi) is 5.58. The first-order valence-corrected chi connectivity index (χ1v) is 9.46. The van der Waals surface area contributed by atoms with Crippen molar-refractivity contribution >= 4 is 0 Å². The highest BCUT2D eigenvalue weighted by Gasteiger charge is 2.36. The van der Waals surface area contributed by atoms with Gasteiger partial charge in [-0.2, -0.15) is 0 Å². The van der Waals surface area contributed by atoms with Crippen LogP contribution in [-0.4, -0.2) is 60.6 Å². The van der Waals surface area contributed by atoms with E-state index < -0.39 is 0 Å². The molecule has 3 heterocycles. The third-order valence-corrected chi connectivity index (χ3v) is 6.17. The number of hydrogen-bond donors (Lipinski definition) is 1. The van der Waals surface area contributed by atoms with Crippen LogP contribution >= 0.6 is 0 Å². The molecular formula is C18H35N3. The molecule has 3 rings (SSSR count). The van der Waals surface area contributed by atoms with Gasteiger partial charge in [-0.1, -0.05) is 13.3 Å². The van der Waals surface area contributed by atoms with Crippen LogP contribution in [0.1, 0.15) is 64.7 Å². The lowest BCUT2D eigenvalue weighted by Crippen LogP contribution is -2.55. The van der Waals surface area contributed by atoms with Crippen LogP contribution < -0.4 is 5.32 Å². The lowest BCUT2D eigenvalue weighted by atomic mass is 9.82. The van der Waals surface area contributed by atoms with Crippen LogP contribution in [0, 0.1) is 0 Å². The molecule has 0 aromatic carbocycles. The summed E-state index contributed by atoms with van der Waals surface area (Å²) in [5.41, 5.74) is 0. The van der Waals surface area contributed by atoms with Crippen LogP contribution in [0.25, 0.3) is 0 Å². The Morgan fingerprint density at radius 2 is 1.67 bits per heavy atom. The Bertz CT molecular complexity index is 306. The topological polar surface area (TPSA) is 18.5 Å². The van der Waals surface area contributed by atoms with Gasteiger partial charge in [0.2, 0.25) is 0 Å². The summed E-state index contributed by atoms with van der Waals surface area (Å²) < 4.78 is 0. The predicted octanol–water partition coefficient (Wildman–Crippen LogP) is 2.86. The van der Waals surface area contributed by atoms with E-state index in [9.17, 15) is 0 Å². The van der Waals surface area contributed by atoms with Crippen LogP contribution in [0.15, 0.2) is 0 Å². The monoisotopic (exact) mass is 293 g/mol. The summed E-state index contributed by atoms with van der Waals surface area (Å²) in [6.45, 7) is 6.23. The number of nitrogens with one attached hydrogen (secondary N) is 1. The van der Waals surface area contributed by atoms with E-state index in [1.807, 2.05) is 0 Å². The van der Waals surface area contributed by atoms with Crippen molar-refractivity contribution in [3.63, 3.8) is 0 Å². The van der Waals surface area contributed by atoms with Crippen LogP contribution in [0.5, 0.6) is 0 Å². The van der Waals surface area contributed by atoms with Crippen molar-refractivity contribution < 1.29 is 0 Å². The molecule has 3 nitrogen and oxygen atoms in total. The highest BCUT2D eigenvalue weighted by molar-refractivity contribution is 4.94. The quantitative estimate of drug-likeness (QED) is 0.860. The van der Waals surface area contributed by atoms with Crippen molar-refractivity contribution in [2.45, 2.75) is 88.9 Å². The molecule has 122 valence electrons. The van der Waals surface area contributed by atoms with Crippen molar-refractivity contribution in [3.8, 4) is 0 Å². The molecule has 21 heavy (non-hydrogen) atoms. The molecule has 0 radical (unpaired) electrons. The van der Waals surface area contributed by atoms with Crippen LogP contribution in [0.3, 0.4) is 0 Å². The van der Waals surface area contributed by atoms with E-state index in [1.165, 1.54) is 77.4 Å². The molecule has 0 aromatic rings. The smallest absolute Gasteiger partial charge is 0.0110 e. The Morgan fingerprint density at radius 1 is 0.905 bits per heavy atom. The molecule has 0 spiro atoms. The maximum absolute atomic E-state index is 4.06. The normalized spacial score (nSPS) is 39.1. The van der Waals surface area contributed by atoms with Gasteiger partial charge < -0.3 is 15.1 Å². The fourth-order valence-electron chi connectivity index (χ4n) is 4.95. The van der Waals surface area contributed by atoms with Gasteiger partial charge in [0.25, 0.3) is 0 Å². The number of rotatable bonds is 4. The first-order valence-electron chi connectivity index (χ1n) is 9.46. The van der Waals surface area contributed by atoms with Gasteiger partial charge in [0.05, 0.1) is 0 Å². The van der Waals surface area contributed by atoms with Gasteiger partial charge in [-0.05, 0) is 78.0 Å². The van der Waals surface area contributed by atoms with Crippen molar-refractivity contribution in [1.29, 1.82) is 0 Å². The molecule has 1 N–H and O–H groups in total. The van der Waals surface area contributed by atoms with Crippen molar-refractivity contribution in [1.82, 2.24) is 15.1 Å². The molecule has 3 aliphatic heterocycles. The zero-order valence-electron chi connectivity index (χ0n) is 14.2. The Hall–Kier alpha value is -0.120. The van der Waals surface area contributed by atoms with Crippen molar-refractivity contribution in [2.24, 2.45) is 0 Å². The minimum absolute atomic E-state index is 0.779. The van der Waals surface area contributed by atoms with Gasteiger partial charge in [0, 0.05) is 24.2 Å². The third-order valence-electron chi connectivity index (χ3n) is 6.17. The first-order chi connectivity index (χ1) is 10.3. The number of fused-ring (bicyclic) bond motifs is 2. The molecule has 0 saturated carbocycles. The molecule has 3 saturated heterocycles. The van der Waals surface area contributed by atoms with Gasteiger partial charge >= 0.3 is 0 Å². The molecule has 0 aliphatic carbocycles. The van der Waals surface area contributed by atoms with Gasteiger partial charge in [-0.15, -0.1) is 0 Å². The third kappa shape index (κ3) is 4.00. The summed E-state index contributed by atoms with van der Waals surface area (Å²) in [5.74, 6) is 0. The summed E-state index contributed by atoms with van der Waals surface area (Å²) in [6, 6.07) is 3.29. The van der Waals surface area contributed by atoms with Gasteiger partial charge in [0.1, 0.15) is 0 Å². The maximum atomic E-state index is 4.06. The highest BCUT2D eigenvalue weighted by atomic mass is 15.2. The van der Waals surface area contributed by atoms with E-state index in [1.54, 1.807) is 0 Å². The summed E-state index contributed by atoms with van der Waals surface area (Å²) in [5, 5.41) is 4.06. The second-order valence-electron chi connectivity index (χ2n) is 7.71. The van der Waals surface area contributed by atoms with E-state index in [-0.39, 0.29) is 0 Å². The molecule has 2 bridgehead atoms. The molecule has 0 amide bonds. The van der Waals surface area contributed by atoms with Crippen molar-refractivity contribution in [2.75, 3.05) is 26.7 Å². The number of piperidine rings is 2. The van der Waals surface area contributed by atoms with E-state index in [4.69, 9.17) is 0 Å². The largest absolute Gasteiger partial charge is 0.311 e. The minimum Gasteiger partial charge on any atom is -0.311 e. The summed E-state index contributed by atoms with van der Waals surface area (Å²) in [6.07, 6.45) is 12.5. The zero-order chi connectivity index (χ0) is 14.7. The summed E-state index contributed by atoms with van der Waals surface area (Å²) >= 11 is 0. The van der Waals surface area contributed by atoms with Gasteiger partial charge in [-0.25, -0.2) is 0 Å². The average Bonchev–Trinajstić information content (AvgIpc) is 2.66. The minimum atomic E-state index is 0.779. The highest BCUT2D eigenvalue weighted by Crippen LogP contribution is 2.33. The van der Waals surface area contributed by atoms with E-state index in [0.29, 0.717) is 0 Å².